The number of fused-ring (bicyclic) bond motifs is 1. The van der Waals surface area contributed by atoms with Gasteiger partial charge in [0, 0.05) is 5.69 Å². The van der Waals surface area contributed by atoms with Crippen molar-refractivity contribution in [3.8, 4) is 0 Å². The van der Waals surface area contributed by atoms with Gasteiger partial charge < -0.3 is 5.73 Å². The van der Waals surface area contributed by atoms with Gasteiger partial charge in [-0.3, -0.25) is 4.40 Å². The van der Waals surface area contributed by atoms with Gasteiger partial charge in [-0.25, -0.2) is 4.98 Å². The van der Waals surface area contributed by atoms with Crippen LogP contribution < -0.4 is 5.73 Å². The maximum Gasteiger partial charge on any atom is 0.112 e. The van der Waals surface area contributed by atoms with Crippen molar-refractivity contribution < 1.29 is 0 Å². The second kappa shape index (κ2) is 2.99. The van der Waals surface area contributed by atoms with Crippen LogP contribution in [0.4, 0.5) is 5.82 Å². The summed E-state index contributed by atoms with van der Waals surface area (Å²) in [5.74, 6) is 1.78. The number of anilines is 1. The highest BCUT2D eigenvalue weighted by atomic mass is 15.1. The van der Waals surface area contributed by atoms with Gasteiger partial charge in [-0.2, -0.15) is 0 Å². The van der Waals surface area contributed by atoms with Crippen molar-refractivity contribution in [3.05, 3.63) is 28.2 Å². The molecule has 0 bridgehead atoms. The lowest BCUT2D eigenvalue weighted by Gasteiger charge is -2.08. The summed E-state index contributed by atoms with van der Waals surface area (Å²) in [4.78, 5) is 4.50. The molecule has 15 heavy (non-hydrogen) atoms. The number of nitrogen functional groups attached to an aromatic ring is 1. The first kappa shape index (κ1) is 10.0. The minimum absolute atomic E-state index is 0.815. The van der Waals surface area contributed by atoms with E-state index in [1.807, 2.05) is 18.2 Å². The SMILES string of the molecule is Cc1nc(C)n2c(N)c(C)c(C)c2c1C. The molecule has 0 saturated heterocycles. The molecule has 0 aromatic carbocycles. The molecule has 0 atom stereocenters. The molecule has 3 heteroatoms. The third kappa shape index (κ3) is 1.16. The summed E-state index contributed by atoms with van der Waals surface area (Å²) in [6, 6.07) is 0. The number of hydrogen-bond donors (Lipinski definition) is 1. The number of nitrogens with zero attached hydrogens (tertiary/aromatic N) is 2. The van der Waals surface area contributed by atoms with Crippen LogP contribution in [-0.4, -0.2) is 9.38 Å². The second-order valence-electron chi connectivity index (χ2n) is 4.19. The predicted octanol–water partition coefficient (Wildman–Crippen LogP) is 2.46. The summed E-state index contributed by atoms with van der Waals surface area (Å²) in [5.41, 5.74) is 12.0. The highest BCUT2D eigenvalue weighted by molar-refractivity contribution is 5.72. The Kier molecular flexibility index (Phi) is 2.00. The van der Waals surface area contributed by atoms with Gasteiger partial charge in [-0.05, 0) is 51.3 Å². The molecule has 0 amide bonds. The van der Waals surface area contributed by atoms with E-state index in [0.29, 0.717) is 0 Å². The molecule has 2 aromatic rings. The summed E-state index contributed by atoms with van der Waals surface area (Å²) in [5, 5.41) is 0. The van der Waals surface area contributed by atoms with E-state index in [-0.39, 0.29) is 0 Å². The summed E-state index contributed by atoms with van der Waals surface area (Å²) >= 11 is 0. The third-order valence-corrected chi connectivity index (χ3v) is 3.32. The molecule has 0 unspecified atom stereocenters. The maximum atomic E-state index is 6.08. The molecule has 0 radical (unpaired) electrons. The van der Waals surface area contributed by atoms with E-state index in [4.69, 9.17) is 5.73 Å². The lowest BCUT2D eigenvalue weighted by molar-refractivity contribution is 0.954. The summed E-state index contributed by atoms with van der Waals surface area (Å²) in [7, 11) is 0. The van der Waals surface area contributed by atoms with Crippen LogP contribution in [0, 0.1) is 34.6 Å². The number of aromatic nitrogens is 2. The molecule has 2 aromatic heterocycles. The Morgan fingerprint density at radius 1 is 0.933 bits per heavy atom. The van der Waals surface area contributed by atoms with E-state index in [1.54, 1.807) is 0 Å². The van der Waals surface area contributed by atoms with Crippen molar-refractivity contribution in [2.75, 3.05) is 5.73 Å². The number of hydrogen-bond acceptors (Lipinski definition) is 2. The van der Waals surface area contributed by atoms with Crippen molar-refractivity contribution in [2.24, 2.45) is 0 Å². The van der Waals surface area contributed by atoms with Gasteiger partial charge in [0.05, 0.1) is 5.52 Å². The molecule has 0 aliphatic rings. The minimum atomic E-state index is 0.815. The average molecular weight is 203 g/mol. The summed E-state index contributed by atoms with van der Waals surface area (Å²) in [6.07, 6.45) is 0. The Labute approximate surface area is 89.9 Å². The minimum Gasteiger partial charge on any atom is -0.385 e. The van der Waals surface area contributed by atoms with Crippen molar-refractivity contribution in [1.82, 2.24) is 9.38 Å². The highest BCUT2D eigenvalue weighted by Gasteiger charge is 2.14. The fourth-order valence-corrected chi connectivity index (χ4v) is 2.16. The first-order valence-corrected chi connectivity index (χ1v) is 5.16. The zero-order chi connectivity index (χ0) is 11.3. The van der Waals surface area contributed by atoms with Crippen LogP contribution in [-0.2, 0) is 0 Å². The van der Waals surface area contributed by atoms with Crippen LogP contribution in [0.2, 0.25) is 0 Å². The Balaban J connectivity index is 3.10. The molecule has 0 saturated carbocycles. The number of rotatable bonds is 0. The van der Waals surface area contributed by atoms with Crippen LogP contribution in [0.1, 0.15) is 28.2 Å². The molecule has 0 spiro atoms. The third-order valence-electron chi connectivity index (χ3n) is 3.32. The predicted molar refractivity (Wildman–Crippen MR) is 63.3 cm³/mol. The number of aryl methyl sites for hydroxylation is 4. The molecule has 0 fully saturated rings. The Hall–Kier alpha value is -1.51. The fourth-order valence-electron chi connectivity index (χ4n) is 2.16. The van der Waals surface area contributed by atoms with Gasteiger partial charge in [0.15, 0.2) is 0 Å². The van der Waals surface area contributed by atoms with Gasteiger partial charge >= 0.3 is 0 Å². The van der Waals surface area contributed by atoms with E-state index in [0.717, 1.165) is 22.9 Å². The molecule has 2 rings (SSSR count). The zero-order valence-corrected chi connectivity index (χ0v) is 9.97. The molecular weight excluding hydrogens is 186 g/mol. The standard InChI is InChI=1S/C12H17N3/c1-6-7(2)12(13)15-10(5)14-9(4)8(3)11(6)15/h13H2,1-5H3. The quantitative estimate of drug-likeness (QED) is 0.714. The van der Waals surface area contributed by atoms with Crippen LogP contribution in [0.15, 0.2) is 0 Å². The van der Waals surface area contributed by atoms with E-state index >= 15 is 0 Å². The molecule has 3 nitrogen and oxygen atoms in total. The van der Waals surface area contributed by atoms with Crippen molar-refractivity contribution >= 4 is 11.3 Å². The van der Waals surface area contributed by atoms with Gasteiger partial charge in [-0.15, -0.1) is 0 Å². The largest absolute Gasteiger partial charge is 0.385 e. The smallest absolute Gasteiger partial charge is 0.112 e. The lowest BCUT2D eigenvalue weighted by atomic mass is 10.1. The van der Waals surface area contributed by atoms with Gasteiger partial charge in [0.25, 0.3) is 0 Å². The van der Waals surface area contributed by atoms with Crippen LogP contribution in [0.25, 0.3) is 5.52 Å². The first-order chi connectivity index (χ1) is 6.95. The molecule has 0 aliphatic heterocycles. The second-order valence-corrected chi connectivity index (χ2v) is 4.19. The molecule has 2 N–H and O–H groups in total. The van der Waals surface area contributed by atoms with Gasteiger partial charge in [0.1, 0.15) is 11.6 Å². The Morgan fingerprint density at radius 2 is 1.53 bits per heavy atom. The van der Waals surface area contributed by atoms with Crippen LogP contribution >= 0.6 is 0 Å². The normalized spacial score (nSPS) is 11.3. The topological polar surface area (TPSA) is 43.3 Å². The average Bonchev–Trinajstić information content (AvgIpc) is 2.40. The van der Waals surface area contributed by atoms with Gasteiger partial charge in [-0.1, -0.05) is 0 Å². The molecule has 0 aliphatic carbocycles. The van der Waals surface area contributed by atoms with Crippen molar-refractivity contribution in [2.45, 2.75) is 34.6 Å². The van der Waals surface area contributed by atoms with Crippen LogP contribution in [0.3, 0.4) is 0 Å². The Morgan fingerprint density at radius 3 is 2.13 bits per heavy atom. The number of nitrogens with two attached hydrogens (primary N) is 1. The zero-order valence-electron chi connectivity index (χ0n) is 9.97. The molecule has 80 valence electrons. The van der Waals surface area contributed by atoms with Crippen molar-refractivity contribution in [1.29, 1.82) is 0 Å². The maximum absolute atomic E-state index is 6.08. The van der Waals surface area contributed by atoms with E-state index in [1.165, 1.54) is 16.6 Å². The Bertz CT molecular complexity index is 550. The molecule has 2 heterocycles. The highest BCUT2D eigenvalue weighted by Crippen LogP contribution is 2.28. The van der Waals surface area contributed by atoms with Crippen LogP contribution in [0.5, 0.6) is 0 Å². The van der Waals surface area contributed by atoms with E-state index in [2.05, 4.69) is 25.8 Å². The van der Waals surface area contributed by atoms with Crippen molar-refractivity contribution in [3.63, 3.8) is 0 Å². The van der Waals surface area contributed by atoms with E-state index in [9.17, 15) is 0 Å². The van der Waals surface area contributed by atoms with E-state index < -0.39 is 0 Å². The summed E-state index contributed by atoms with van der Waals surface area (Å²) in [6.45, 7) is 10.3. The van der Waals surface area contributed by atoms with Gasteiger partial charge in [0.2, 0.25) is 0 Å². The first-order valence-electron chi connectivity index (χ1n) is 5.16. The lowest BCUT2D eigenvalue weighted by Crippen LogP contribution is -2.03. The molecular formula is C12H17N3. The monoisotopic (exact) mass is 203 g/mol. The summed E-state index contributed by atoms with van der Waals surface area (Å²) < 4.78 is 2.05. The fraction of sp³-hybridized carbons (Fsp3) is 0.417.